The molecule has 2 N–H and O–H groups in total. The number of alkyl halides is 3. The number of carbonyl (C=O) groups excluding carboxylic acids is 1. The highest BCUT2D eigenvalue weighted by Crippen LogP contribution is 2.35. The maximum atomic E-state index is 13.5. The Bertz CT molecular complexity index is 1010. The van der Waals surface area contributed by atoms with E-state index in [1.54, 1.807) is 54.6 Å². The van der Waals surface area contributed by atoms with Crippen LogP contribution in [0, 0.1) is 0 Å². The Kier molecular flexibility index (Phi) is 6.35. The van der Waals surface area contributed by atoms with Crippen LogP contribution in [-0.2, 0) is 12.7 Å². The number of methoxy groups -OCH3 is 1. The van der Waals surface area contributed by atoms with Crippen molar-refractivity contribution in [2.24, 2.45) is 0 Å². The largest absolute Gasteiger partial charge is 0.495 e. The zero-order valence-electron chi connectivity index (χ0n) is 15.7. The molecule has 3 rings (SSSR count). The van der Waals surface area contributed by atoms with Crippen LogP contribution < -0.4 is 20.1 Å². The molecule has 10 heteroatoms. The summed E-state index contributed by atoms with van der Waals surface area (Å²) < 4.78 is 50.3. The number of anilines is 2. The number of para-hydroxylation sites is 2. The first-order valence-corrected chi connectivity index (χ1v) is 8.70. The molecule has 2 aromatic carbocycles. The fraction of sp³-hybridized carbons (Fsp3) is 0.150. The highest BCUT2D eigenvalue weighted by molar-refractivity contribution is 5.71. The standard InChI is InChI=1S/C20H17F3N4O3/c1-29-15-10-6-5-9-14(15)26-18-24-12-16(17(27-18)20(21,22)23)30-19(28)25-11-13-7-3-2-4-8-13/h2-10,12H,11H2,1H3,(H,25,28)(H,24,26,27). The highest BCUT2D eigenvalue weighted by Gasteiger charge is 2.38. The molecule has 156 valence electrons. The molecule has 0 aliphatic carbocycles. The summed E-state index contributed by atoms with van der Waals surface area (Å²) in [5.41, 5.74) is -0.245. The second-order valence-electron chi connectivity index (χ2n) is 5.96. The maximum Gasteiger partial charge on any atom is 0.437 e. The number of benzene rings is 2. The molecule has 0 fully saturated rings. The predicted octanol–water partition coefficient (Wildman–Crippen LogP) is 4.54. The third-order valence-corrected chi connectivity index (χ3v) is 3.86. The van der Waals surface area contributed by atoms with Gasteiger partial charge in [0.15, 0.2) is 11.4 Å². The third-order valence-electron chi connectivity index (χ3n) is 3.86. The molecule has 1 amide bonds. The summed E-state index contributed by atoms with van der Waals surface area (Å²) in [7, 11) is 1.42. The summed E-state index contributed by atoms with van der Waals surface area (Å²) in [6.45, 7) is 0.0926. The van der Waals surface area contributed by atoms with E-state index in [1.165, 1.54) is 7.11 Å². The Morgan fingerprint density at radius 2 is 1.73 bits per heavy atom. The van der Waals surface area contributed by atoms with E-state index in [9.17, 15) is 18.0 Å². The highest BCUT2D eigenvalue weighted by atomic mass is 19.4. The summed E-state index contributed by atoms with van der Waals surface area (Å²) in [6, 6.07) is 15.4. The van der Waals surface area contributed by atoms with Gasteiger partial charge in [0.2, 0.25) is 5.95 Å². The first-order chi connectivity index (χ1) is 14.4. The molecule has 0 atom stereocenters. The van der Waals surface area contributed by atoms with Crippen molar-refractivity contribution >= 4 is 17.7 Å². The maximum absolute atomic E-state index is 13.5. The molecule has 0 aliphatic rings. The number of amides is 1. The van der Waals surface area contributed by atoms with Gasteiger partial charge in [-0.2, -0.15) is 13.2 Å². The van der Waals surface area contributed by atoms with Gasteiger partial charge in [-0.25, -0.2) is 14.8 Å². The Balaban J connectivity index is 1.77. The number of hydrogen-bond donors (Lipinski definition) is 2. The lowest BCUT2D eigenvalue weighted by Crippen LogP contribution is -2.27. The van der Waals surface area contributed by atoms with Gasteiger partial charge in [0.05, 0.1) is 19.0 Å². The molecule has 1 heterocycles. The molecule has 1 aromatic heterocycles. The van der Waals surface area contributed by atoms with E-state index in [0.29, 0.717) is 11.4 Å². The van der Waals surface area contributed by atoms with Crippen molar-refractivity contribution in [2.45, 2.75) is 12.7 Å². The summed E-state index contributed by atoms with van der Waals surface area (Å²) >= 11 is 0. The van der Waals surface area contributed by atoms with Crippen molar-refractivity contribution in [1.82, 2.24) is 15.3 Å². The van der Waals surface area contributed by atoms with Crippen LogP contribution in [0.15, 0.2) is 60.8 Å². The minimum Gasteiger partial charge on any atom is -0.495 e. The van der Waals surface area contributed by atoms with Crippen LogP contribution in [0.1, 0.15) is 11.3 Å². The molecule has 0 saturated heterocycles. The Morgan fingerprint density at radius 1 is 1.03 bits per heavy atom. The number of hydrogen-bond acceptors (Lipinski definition) is 6. The first-order valence-electron chi connectivity index (χ1n) is 8.70. The van der Waals surface area contributed by atoms with Crippen molar-refractivity contribution in [1.29, 1.82) is 0 Å². The zero-order chi connectivity index (χ0) is 21.6. The van der Waals surface area contributed by atoms with Gasteiger partial charge in [-0.3, -0.25) is 0 Å². The second kappa shape index (κ2) is 9.12. The fourth-order valence-corrected chi connectivity index (χ4v) is 2.48. The van der Waals surface area contributed by atoms with Crippen LogP contribution in [0.5, 0.6) is 11.5 Å². The molecule has 0 aliphatic heterocycles. The zero-order valence-corrected chi connectivity index (χ0v) is 15.7. The van der Waals surface area contributed by atoms with Crippen LogP contribution in [-0.4, -0.2) is 23.2 Å². The number of aromatic nitrogens is 2. The topological polar surface area (TPSA) is 85.4 Å². The lowest BCUT2D eigenvalue weighted by atomic mass is 10.2. The van der Waals surface area contributed by atoms with Gasteiger partial charge in [-0.15, -0.1) is 0 Å². The average Bonchev–Trinajstić information content (AvgIpc) is 2.74. The second-order valence-corrected chi connectivity index (χ2v) is 5.96. The average molecular weight is 418 g/mol. The summed E-state index contributed by atoms with van der Waals surface area (Å²) in [5, 5.41) is 5.04. The number of rotatable bonds is 6. The van der Waals surface area contributed by atoms with Crippen molar-refractivity contribution in [3.8, 4) is 11.5 Å². The summed E-state index contributed by atoms with van der Waals surface area (Å²) in [5.74, 6) is -0.738. The lowest BCUT2D eigenvalue weighted by Gasteiger charge is -2.14. The van der Waals surface area contributed by atoms with Gasteiger partial charge >= 0.3 is 12.3 Å². The molecule has 0 bridgehead atoms. The van der Waals surface area contributed by atoms with E-state index >= 15 is 0 Å². The Hall–Kier alpha value is -3.82. The van der Waals surface area contributed by atoms with Crippen molar-refractivity contribution in [3.63, 3.8) is 0 Å². The number of ether oxygens (including phenoxy) is 2. The minimum atomic E-state index is -4.87. The lowest BCUT2D eigenvalue weighted by molar-refractivity contribution is -0.142. The van der Waals surface area contributed by atoms with Gasteiger partial charge in [-0.1, -0.05) is 42.5 Å². The van der Waals surface area contributed by atoms with E-state index in [4.69, 9.17) is 9.47 Å². The number of carbonyl (C=O) groups is 1. The minimum absolute atomic E-state index is 0.0926. The normalized spacial score (nSPS) is 10.9. The van der Waals surface area contributed by atoms with Crippen LogP contribution in [0.25, 0.3) is 0 Å². The summed E-state index contributed by atoms with van der Waals surface area (Å²) in [6.07, 6.45) is -5.14. The molecule has 0 radical (unpaired) electrons. The fourth-order valence-electron chi connectivity index (χ4n) is 2.48. The van der Waals surface area contributed by atoms with Crippen molar-refractivity contribution < 1.29 is 27.4 Å². The van der Waals surface area contributed by atoms with Gasteiger partial charge in [0.1, 0.15) is 5.75 Å². The van der Waals surface area contributed by atoms with Gasteiger partial charge in [0.25, 0.3) is 0 Å². The van der Waals surface area contributed by atoms with Crippen LogP contribution in [0.2, 0.25) is 0 Å². The van der Waals surface area contributed by atoms with Gasteiger partial charge < -0.3 is 20.1 Å². The third kappa shape index (κ3) is 5.37. The molecular formula is C20H17F3N4O3. The van der Waals surface area contributed by atoms with E-state index in [-0.39, 0.29) is 12.5 Å². The van der Waals surface area contributed by atoms with E-state index in [1.807, 2.05) is 0 Å². The van der Waals surface area contributed by atoms with Crippen LogP contribution in [0.3, 0.4) is 0 Å². The quantitative estimate of drug-likeness (QED) is 0.612. The Morgan fingerprint density at radius 3 is 2.43 bits per heavy atom. The van der Waals surface area contributed by atoms with E-state index in [0.717, 1.165) is 11.8 Å². The van der Waals surface area contributed by atoms with Crippen molar-refractivity contribution in [2.75, 3.05) is 12.4 Å². The molecule has 0 saturated carbocycles. The van der Waals surface area contributed by atoms with Crippen LogP contribution >= 0.6 is 0 Å². The summed E-state index contributed by atoms with van der Waals surface area (Å²) in [4.78, 5) is 19.2. The number of nitrogens with one attached hydrogen (secondary N) is 2. The van der Waals surface area contributed by atoms with Crippen LogP contribution in [0.4, 0.5) is 29.6 Å². The molecular weight excluding hydrogens is 401 g/mol. The molecule has 0 spiro atoms. The number of nitrogens with zero attached hydrogens (tertiary/aromatic N) is 2. The molecule has 0 unspecified atom stereocenters. The monoisotopic (exact) mass is 418 g/mol. The SMILES string of the molecule is COc1ccccc1Nc1ncc(OC(=O)NCc2ccccc2)c(C(F)(F)F)n1. The van der Waals surface area contributed by atoms with E-state index in [2.05, 4.69) is 20.6 Å². The molecule has 7 nitrogen and oxygen atoms in total. The smallest absolute Gasteiger partial charge is 0.437 e. The van der Waals surface area contributed by atoms with Crippen molar-refractivity contribution in [3.05, 3.63) is 72.1 Å². The Labute approximate surface area is 169 Å². The molecule has 3 aromatic rings. The molecule has 30 heavy (non-hydrogen) atoms. The van der Waals surface area contributed by atoms with Gasteiger partial charge in [-0.05, 0) is 17.7 Å². The van der Waals surface area contributed by atoms with Gasteiger partial charge in [0, 0.05) is 6.54 Å². The number of halogens is 3. The van der Waals surface area contributed by atoms with E-state index < -0.39 is 23.7 Å². The predicted molar refractivity (Wildman–Crippen MR) is 103 cm³/mol. The first kappa shape index (κ1) is 20.9.